The van der Waals surface area contributed by atoms with Gasteiger partial charge in [-0.1, -0.05) is 19.3 Å². The van der Waals surface area contributed by atoms with Crippen molar-refractivity contribution in [2.45, 2.75) is 38.1 Å². The molecule has 0 spiro atoms. The highest BCUT2D eigenvalue weighted by molar-refractivity contribution is 6.00. The molecular weight excluding hydrogens is 258 g/mol. The molecule has 0 heterocycles. The van der Waals surface area contributed by atoms with E-state index < -0.39 is 5.97 Å². The van der Waals surface area contributed by atoms with Crippen molar-refractivity contribution in [2.24, 2.45) is 0 Å². The van der Waals surface area contributed by atoms with Crippen LogP contribution in [0.4, 0.5) is 16.2 Å². The summed E-state index contributed by atoms with van der Waals surface area (Å²) in [5.74, 6) is -1.10. The van der Waals surface area contributed by atoms with Crippen LogP contribution in [0.25, 0.3) is 0 Å². The molecule has 0 bridgehead atoms. The highest BCUT2D eigenvalue weighted by Crippen LogP contribution is 2.20. The van der Waals surface area contributed by atoms with Crippen molar-refractivity contribution in [1.82, 2.24) is 5.32 Å². The third-order valence-electron chi connectivity index (χ3n) is 3.46. The number of carboxylic acid groups (broad SMARTS) is 1. The number of amides is 2. The van der Waals surface area contributed by atoms with E-state index in [9.17, 15) is 9.59 Å². The Labute approximate surface area is 117 Å². The van der Waals surface area contributed by atoms with Crippen LogP contribution in [0.1, 0.15) is 42.5 Å². The zero-order valence-corrected chi connectivity index (χ0v) is 11.2. The Morgan fingerprint density at radius 1 is 1.20 bits per heavy atom. The van der Waals surface area contributed by atoms with Crippen LogP contribution >= 0.6 is 0 Å². The van der Waals surface area contributed by atoms with Gasteiger partial charge in [-0.15, -0.1) is 0 Å². The van der Waals surface area contributed by atoms with Gasteiger partial charge in [-0.2, -0.15) is 0 Å². The van der Waals surface area contributed by atoms with E-state index in [2.05, 4.69) is 10.6 Å². The molecule has 2 rings (SSSR count). The minimum Gasteiger partial charge on any atom is -0.478 e. The fraction of sp³-hybridized carbons (Fsp3) is 0.429. The van der Waals surface area contributed by atoms with E-state index in [-0.39, 0.29) is 23.3 Å². The van der Waals surface area contributed by atoms with Crippen LogP contribution in [0, 0.1) is 0 Å². The maximum Gasteiger partial charge on any atom is 0.337 e. The minimum absolute atomic E-state index is 0.0259. The minimum atomic E-state index is -1.10. The van der Waals surface area contributed by atoms with Crippen molar-refractivity contribution in [3.8, 4) is 0 Å². The van der Waals surface area contributed by atoms with Gasteiger partial charge in [0.2, 0.25) is 0 Å². The van der Waals surface area contributed by atoms with Gasteiger partial charge >= 0.3 is 12.0 Å². The van der Waals surface area contributed by atoms with Crippen LogP contribution in [-0.4, -0.2) is 23.1 Å². The number of hydrogen-bond donors (Lipinski definition) is 4. The molecular formula is C14H19N3O3. The molecule has 1 aliphatic rings. The van der Waals surface area contributed by atoms with E-state index in [1.165, 1.54) is 24.6 Å². The summed E-state index contributed by atoms with van der Waals surface area (Å²) < 4.78 is 0. The molecule has 1 aromatic rings. The fourth-order valence-corrected chi connectivity index (χ4v) is 2.44. The third-order valence-corrected chi connectivity index (χ3v) is 3.46. The molecule has 0 atom stereocenters. The topological polar surface area (TPSA) is 104 Å². The number of nitrogens with one attached hydrogen (secondary N) is 2. The van der Waals surface area contributed by atoms with Gasteiger partial charge < -0.3 is 21.5 Å². The molecule has 6 nitrogen and oxygen atoms in total. The lowest BCUT2D eigenvalue weighted by molar-refractivity contribution is 0.0698. The lowest BCUT2D eigenvalue weighted by Crippen LogP contribution is -2.39. The van der Waals surface area contributed by atoms with Crippen molar-refractivity contribution in [2.75, 3.05) is 11.1 Å². The van der Waals surface area contributed by atoms with Crippen LogP contribution < -0.4 is 16.4 Å². The first kappa shape index (κ1) is 14.2. The molecule has 6 heteroatoms. The predicted octanol–water partition coefficient (Wildman–Crippen LogP) is 2.42. The molecule has 0 saturated heterocycles. The Morgan fingerprint density at radius 3 is 2.55 bits per heavy atom. The smallest absolute Gasteiger partial charge is 0.337 e. The summed E-state index contributed by atoms with van der Waals surface area (Å²) in [5, 5.41) is 14.5. The second kappa shape index (κ2) is 6.27. The van der Waals surface area contributed by atoms with Crippen molar-refractivity contribution < 1.29 is 14.7 Å². The van der Waals surface area contributed by atoms with Crippen molar-refractivity contribution in [1.29, 1.82) is 0 Å². The molecule has 0 radical (unpaired) electrons. The third kappa shape index (κ3) is 3.63. The number of benzene rings is 1. The number of carbonyl (C=O) groups excluding carboxylic acids is 1. The highest BCUT2D eigenvalue weighted by Gasteiger charge is 2.17. The number of carboxylic acids is 1. The first-order chi connectivity index (χ1) is 9.56. The van der Waals surface area contributed by atoms with Gasteiger partial charge in [0.15, 0.2) is 0 Å². The van der Waals surface area contributed by atoms with Crippen molar-refractivity contribution in [3.05, 3.63) is 23.8 Å². The highest BCUT2D eigenvalue weighted by atomic mass is 16.4. The van der Waals surface area contributed by atoms with E-state index in [1.807, 2.05) is 0 Å². The van der Waals surface area contributed by atoms with Gasteiger partial charge in [-0.25, -0.2) is 9.59 Å². The number of hydrogen-bond acceptors (Lipinski definition) is 3. The molecule has 20 heavy (non-hydrogen) atoms. The quantitative estimate of drug-likeness (QED) is 0.637. The van der Waals surface area contributed by atoms with Gasteiger partial charge in [-0.3, -0.25) is 0 Å². The summed E-state index contributed by atoms with van der Waals surface area (Å²) in [4.78, 5) is 23.0. The normalized spacial score (nSPS) is 15.6. The number of aromatic carboxylic acids is 1. The monoisotopic (exact) mass is 277 g/mol. The zero-order chi connectivity index (χ0) is 14.5. The molecule has 1 fully saturated rings. The first-order valence-electron chi connectivity index (χ1n) is 6.76. The maximum absolute atomic E-state index is 11.9. The summed E-state index contributed by atoms with van der Waals surface area (Å²) in [7, 11) is 0. The summed E-state index contributed by atoms with van der Waals surface area (Å²) in [5.41, 5.74) is 6.27. The Balaban J connectivity index is 2.03. The lowest BCUT2D eigenvalue weighted by atomic mass is 9.96. The summed E-state index contributed by atoms with van der Waals surface area (Å²) in [6.45, 7) is 0. The zero-order valence-electron chi connectivity index (χ0n) is 11.2. The molecule has 1 aliphatic carbocycles. The van der Waals surface area contributed by atoms with E-state index in [0.717, 1.165) is 25.7 Å². The van der Waals surface area contributed by atoms with Gasteiger partial charge in [0, 0.05) is 11.7 Å². The largest absolute Gasteiger partial charge is 0.478 e. The first-order valence-corrected chi connectivity index (χ1v) is 6.76. The van der Waals surface area contributed by atoms with Crippen LogP contribution in [0.2, 0.25) is 0 Å². The van der Waals surface area contributed by atoms with Gasteiger partial charge in [-0.05, 0) is 31.0 Å². The van der Waals surface area contributed by atoms with E-state index in [0.29, 0.717) is 5.69 Å². The number of nitrogen functional groups attached to an aromatic ring is 1. The predicted molar refractivity (Wildman–Crippen MR) is 76.8 cm³/mol. The van der Waals surface area contributed by atoms with Crippen molar-refractivity contribution >= 4 is 23.4 Å². The Kier molecular flexibility index (Phi) is 4.45. The standard InChI is InChI=1S/C14H19N3O3/c15-9-6-7-11(13(18)19)12(8-9)17-14(20)16-10-4-2-1-3-5-10/h6-8,10H,1-5,15H2,(H,18,19)(H2,16,17,20). The molecule has 0 aliphatic heterocycles. The fourth-order valence-electron chi connectivity index (χ4n) is 2.44. The van der Waals surface area contributed by atoms with Crippen LogP contribution in [0.15, 0.2) is 18.2 Å². The number of anilines is 2. The number of nitrogens with two attached hydrogens (primary N) is 1. The Bertz CT molecular complexity index is 510. The van der Waals surface area contributed by atoms with Crippen LogP contribution in [0.5, 0.6) is 0 Å². The molecule has 0 unspecified atom stereocenters. The number of carbonyl (C=O) groups is 2. The summed E-state index contributed by atoms with van der Waals surface area (Å²) >= 11 is 0. The van der Waals surface area contributed by atoms with Gasteiger partial charge in [0.05, 0.1) is 11.3 Å². The molecule has 1 aromatic carbocycles. The van der Waals surface area contributed by atoms with Crippen LogP contribution in [0.3, 0.4) is 0 Å². The summed E-state index contributed by atoms with van der Waals surface area (Å²) in [6, 6.07) is 4.11. The van der Waals surface area contributed by atoms with Gasteiger partial charge in [0.1, 0.15) is 0 Å². The Morgan fingerprint density at radius 2 is 1.90 bits per heavy atom. The van der Waals surface area contributed by atoms with E-state index >= 15 is 0 Å². The average Bonchev–Trinajstić information content (AvgIpc) is 2.39. The molecule has 1 saturated carbocycles. The maximum atomic E-state index is 11.9. The molecule has 0 aromatic heterocycles. The second-order valence-corrected chi connectivity index (χ2v) is 5.04. The van der Waals surface area contributed by atoms with Crippen LogP contribution in [-0.2, 0) is 0 Å². The summed E-state index contributed by atoms with van der Waals surface area (Å²) in [6.07, 6.45) is 5.37. The molecule has 2 amide bonds. The van der Waals surface area contributed by atoms with E-state index in [1.54, 1.807) is 0 Å². The second-order valence-electron chi connectivity index (χ2n) is 5.04. The lowest BCUT2D eigenvalue weighted by Gasteiger charge is -2.23. The molecule has 108 valence electrons. The SMILES string of the molecule is Nc1ccc(C(=O)O)c(NC(=O)NC2CCCCC2)c1. The van der Waals surface area contributed by atoms with Gasteiger partial charge in [0.25, 0.3) is 0 Å². The average molecular weight is 277 g/mol. The van der Waals surface area contributed by atoms with Crippen molar-refractivity contribution in [3.63, 3.8) is 0 Å². The Hall–Kier alpha value is -2.24. The van der Waals surface area contributed by atoms with E-state index in [4.69, 9.17) is 10.8 Å². The number of urea groups is 1. The number of rotatable bonds is 3. The molecule has 5 N–H and O–H groups in total.